The second-order valence-corrected chi connectivity index (χ2v) is 2.19. The van der Waals surface area contributed by atoms with Gasteiger partial charge in [0.2, 0.25) is 0 Å². The predicted octanol–water partition coefficient (Wildman–Crippen LogP) is 2.02. The standard InChI is InChI=1S/C6H9N3.C2H6/c1-5(2)6-3-7-4-8-9-6;1-2/h3-5H,1-2H3;1-2H3. The molecule has 1 heterocycles. The van der Waals surface area contributed by atoms with Gasteiger partial charge < -0.3 is 0 Å². The summed E-state index contributed by atoms with van der Waals surface area (Å²) in [5.74, 6) is 0.422. The van der Waals surface area contributed by atoms with Gasteiger partial charge in [-0.15, -0.1) is 5.10 Å². The van der Waals surface area contributed by atoms with Crippen molar-refractivity contribution in [2.24, 2.45) is 0 Å². The van der Waals surface area contributed by atoms with E-state index in [-0.39, 0.29) is 0 Å². The quantitative estimate of drug-likeness (QED) is 0.619. The Kier molecular flexibility index (Phi) is 5.25. The third-order valence-corrected chi connectivity index (χ3v) is 1.09. The Bertz CT molecular complexity index is 172. The van der Waals surface area contributed by atoms with Crippen molar-refractivity contribution in [3.63, 3.8) is 0 Å². The number of nitrogens with zero attached hydrogens (tertiary/aromatic N) is 3. The lowest BCUT2D eigenvalue weighted by molar-refractivity contribution is 0.766. The second kappa shape index (κ2) is 5.77. The van der Waals surface area contributed by atoms with Crippen LogP contribution in [-0.4, -0.2) is 15.2 Å². The highest BCUT2D eigenvalue weighted by Gasteiger charge is 1.97. The van der Waals surface area contributed by atoms with Crippen LogP contribution in [0.1, 0.15) is 39.3 Å². The Labute approximate surface area is 67.9 Å². The van der Waals surface area contributed by atoms with E-state index < -0.39 is 0 Å². The molecule has 0 radical (unpaired) electrons. The van der Waals surface area contributed by atoms with Gasteiger partial charge in [-0.3, -0.25) is 0 Å². The van der Waals surface area contributed by atoms with E-state index in [2.05, 4.69) is 29.0 Å². The van der Waals surface area contributed by atoms with Gasteiger partial charge >= 0.3 is 0 Å². The fourth-order valence-electron chi connectivity index (χ4n) is 0.522. The Morgan fingerprint density at radius 3 is 2.18 bits per heavy atom. The Balaban J connectivity index is 0.000000461. The topological polar surface area (TPSA) is 38.7 Å². The number of aromatic nitrogens is 3. The van der Waals surface area contributed by atoms with Crippen molar-refractivity contribution in [2.75, 3.05) is 0 Å². The van der Waals surface area contributed by atoms with Crippen molar-refractivity contribution in [2.45, 2.75) is 33.6 Å². The zero-order valence-electron chi connectivity index (χ0n) is 7.57. The minimum absolute atomic E-state index is 0.422. The molecule has 1 aromatic heterocycles. The number of hydrogen-bond acceptors (Lipinski definition) is 3. The molecule has 0 spiro atoms. The van der Waals surface area contributed by atoms with Crippen LogP contribution in [0.15, 0.2) is 12.5 Å². The summed E-state index contributed by atoms with van der Waals surface area (Å²) in [7, 11) is 0. The summed E-state index contributed by atoms with van der Waals surface area (Å²) in [6.45, 7) is 8.12. The minimum atomic E-state index is 0.422. The zero-order valence-corrected chi connectivity index (χ0v) is 7.57. The molecular formula is C8H15N3. The molecule has 0 unspecified atom stereocenters. The smallest absolute Gasteiger partial charge is 0.138 e. The molecule has 0 bridgehead atoms. The molecule has 1 rings (SSSR count). The molecule has 1 aromatic rings. The molecule has 0 aliphatic rings. The average molecular weight is 153 g/mol. The van der Waals surface area contributed by atoms with Crippen molar-refractivity contribution >= 4 is 0 Å². The molecule has 0 aliphatic heterocycles. The van der Waals surface area contributed by atoms with E-state index >= 15 is 0 Å². The SMILES string of the molecule is CC.CC(C)c1cncnn1. The monoisotopic (exact) mass is 153 g/mol. The first kappa shape index (κ1) is 10.0. The molecule has 0 saturated heterocycles. The fourth-order valence-corrected chi connectivity index (χ4v) is 0.522. The summed E-state index contributed by atoms with van der Waals surface area (Å²) in [6, 6.07) is 0. The predicted molar refractivity (Wildman–Crippen MR) is 45.3 cm³/mol. The van der Waals surface area contributed by atoms with Gasteiger partial charge in [-0.05, 0) is 5.92 Å². The molecule has 0 aromatic carbocycles. The van der Waals surface area contributed by atoms with Crippen LogP contribution >= 0.6 is 0 Å². The second-order valence-electron chi connectivity index (χ2n) is 2.19. The molecular weight excluding hydrogens is 138 g/mol. The summed E-state index contributed by atoms with van der Waals surface area (Å²) < 4.78 is 0. The van der Waals surface area contributed by atoms with Gasteiger partial charge in [-0.1, -0.05) is 27.7 Å². The van der Waals surface area contributed by atoms with Crippen LogP contribution in [-0.2, 0) is 0 Å². The maximum Gasteiger partial charge on any atom is 0.138 e. The van der Waals surface area contributed by atoms with E-state index in [0.29, 0.717) is 5.92 Å². The first-order valence-corrected chi connectivity index (χ1v) is 3.93. The van der Waals surface area contributed by atoms with Crippen molar-refractivity contribution in [1.82, 2.24) is 15.2 Å². The molecule has 62 valence electrons. The molecule has 3 nitrogen and oxygen atoms in total. The van der Waals surface area contributed by atoms with Gasteiger partial charge in [0.25, 0.3) is 0 Å². The van der Waals surface area contributed by atoms with Gasteiger partial charge in [0.1, 0.15) is 6.33 Å². The highest BCUT2D eigenvalue weighted by Crippen LogP contribution is 2.05. The van der Waals surface area contributed by atoms with Gasteiger partial charge in [-0.2, -0.15) is 5.10 Å². The van der Waals surface area contributed by atoms with E-state index in [1.165, 1.54) is 6.33 Å². The van der Waals surface area contributed by atoms with Crippen LogP contribution in [0.5, 0.6) is 0 Å². The minimum Gasteiger partial charge on any atom is -0.241 e. The average Bonchev–Trinajstić information content (AvgIpc) is 2.10. The van der Waals surface area contributed by atoms with E-state index in [0.717, 1.165) is 5.69 Å². The van der Waals surface area contributed by atoms with Gasteiger partial charge in [0, 0.05) is 0 Å². The van der Waals surface area contributed by atoms with Crippen LogP contribution in [0.2, 0.25) is 0 Å². The Hall–Kier alpha value is -0.990. The Morgan fingerprint density at radius 1 is 1.27 bits per heavy atom. The molecule has 3 heteroatoms. The lowest BCUT2D eigenvalue weighted by Gasteiger charge is -1.98. The van der Waals surface area contributed by atoms with E-state index in [1.807, 2.05) is 13.8 Å². The van der Waals surface area contributed by atoms with Gasteiger partial charge in [0.15, 0.2) is 0 Å². The van der Waals surface area contributed by atoms with Crippen LogP contribution in [0.25, 0.3) is 0 Å². The van der Waals surface area contributed by atoms with Crippen molar-refractivity contribution in [1.29, 1.82) is 0 Å². The molecule has 0 N–H and O–H groups in total. The summed E-state index contributed by atoms with van der Waals surface area (Å²) in [5, 5.41) is 7.51. The Morgan fingerprint density at radius 2 is 1.91 bits per heavy atom. The first-order valence-electron chi connectivity index (χ1n) is 3.93. The van der Waals surface area contributed by atoms with Crippen molar-refractivity contribution < 1.29 is 0 Å². The largest absolute Gasteiger partial charge is 0.241 e. The molecule has 0 fully saturated rings. The highest BCUT2D eigenvalue weighted by atomic mass is 15.1. The molecule has 0 amide bonds. The molecule has 0 aliphatic carbocycles. The van der Waals surface area contributed by atoms with Gasteiger partial charge in [0.05, 0.1) is 11.9 Å². The maximum atomic E-state index is 3.87. The first-order chi connectivity index (χ1) is 5.30. The van der Waals surface area contributed by atoms with Crippen LogP contribution < -0.4 is 0 Å². The van der Waals surface area contributed by atoms with E-state index in [1.54, 1.807) is 6.20 Å². The lowest BCUT2D eigenvalue weighted by atomic mass is 10.2. The number of rotatable bonds is 1. The third-order valence-electron chi connectivity index (χ3n) is 1.09. The van der Waals surface area contributed by atoms with Gasteiger partial charge in [-0.25, -0.2) is 4.98 Å². The lowest BCUT2D eigenvalue weighted by Crippen LogP contribution is -1.94. The fraction of sp³-hybridized carbons (Fsp3) is 0.625. The van der Waals surface area contributed by atoms with Crippen molar-refractivity contribution in [3.05, 3.63) is 18.2 Å². The summed E-state index contributed by atoms with van der Waals surface area (Å²) in [6.07, 6.45) is 3.17. The van der Waals surface area contributed by atoms with E-state index in [9.17, 15) is 0 Å². The third kappa shape index (κ3) is 3.65. The van der Waals surface area contributed by atoms with Crippen molar-refractivity contribution in [3.8, 4) is 0 Å². The molecule has 0 atom stereocenters. The molecule has 0 saturated carbocycles. The van der Waals surface area contributed by atoms with Crippen LogP contribution in [0, 0.1) is 0 Å². The maximum absolute atomic E-state index is 3.87. The molecule has 11 heavy (non-hydrogen) atoms. The highest BCUT2D eigenvalue weighted by molar-refractivity contribution is 4.96. The summed E-state index contributed by atoms with van der Waals surface area (Å²) in [5.41, 5.74) is 0.942. The summed E-state index contributed by atoms with van der Waals surface area (Å²) in [4.78, 5) is 3.83. The summed E-state index contributed by atoms with van der Waals surface area (Å²) >= 11 is 0. The van der Waals surface area contributed by atoms with Crippen LogP contribution in [0.4, 0.5) is 0 Å². The van der Waals surface area contributed by atoms with Crippen LogP contribution in [0.3, 0.4) is 0 Å². The zero-order chi connectivity index (χ0) is 8.69. The van der Waals surface area contributed by atoms with E-state index in [4.69, 9.17) is 0 Å². The normalized spacial score (nSPS) is 8.82. The number of hydrogen-bond donors (Lipinski definition) is 0.